The van der Waals surface area contributed by atoms with Crippen molar-refractivity contribution in [3.05, 3.63) is 29.8 Å². The van der Waals surface area contributed by atoms with Crippen LogP contribution in [0.1, 0.15) is 19.4 Å². The van der Waals surface area contributed by atoms with Gasteiger partial charge in [0.25, 0.3) is 0 Å². The molecule has 1 saturated heterocycles. The molecule has 1 aliphatic heterocycles. The highest BCUT2D eigenvalue weighted by Gasteiger charge is 2.38. The summed E-state index contributed by atoms with van der Waals surface area (Å²) in [7, 11) is -3.71. The smallest absolute Gasteiger partial charge is 0.317 e. The van der Waals surface area contributed by atoms with E-state index in [-0.39, 0.29) is 18.0 Å². The van der Waals surface area contributed by atoms with Crippen molar-refractivity contribution in [2.75, 3.05) is 13.1 Å². The lowest BCUT2D eigenvalue weighted by Crippen LogP contribution is -2.55. The van der Waals surface area contributed by atoms with Crippen molar-refractivity contribution in [3.8, 4) is 6.07 Å². The summed E-state index contributed by atoms with van der Waals surface area (Å²) in [5.74, 6) is 0. The lowest BCUT2D eigenvalue weighted by molar-refractivity contribution is -0.185. The fourth-order valence-corrected chi connectivity index (χ4v) is 3.59. The minimum absolute atomic E-state index is 0.0699. The molecule has 0 N–H and O–H groups in total. The van der Waals surface area contributed by atoms with Crippen molar-refractivity contribution >= 4 is 10.0 Å². The number of sulfonamides is 1. The number of nitrogens with zero attached hydrogens (tertiary/aromatic N) is 2. The zero-order valence-corrected chi connectivity index (χ0v) is 13.0. The third kappa shape index (κ3) is 3.27. The topological polar surface area (TPSA) is 70.4 Å². The van der Waals surface area contributed by atoms with Crippen molar-refractivity contribution in [2.45, 2.75) is 36.9 Å². The van der Waals surface area contributed by atoms with Crippen molar-refractivity contribution in [3.63, 3.8) is 0 Å². The second kappa shape index (κ2) is 5.91. The molecule has 0 saturated carbocycles. The Hall–Kier alpha value is -1.56. The molecule has 1 aromatic carbocycles. The van der Waals surface area contributed by atoms with Crippen LogP contribution in [0, 0.1) is 11.3 Å². The van der Waals surface area contributed by atoms with Crippen molar-refractivity contribution in [1.29, 1.82) is 5.26 Å². The normalized spacial score (nSPS) is 17.3. The molecular formula is C14H16F2N2O3S. The summed E-state index contributed by atoms with van der Waals surface area (Å²) in [5, 5.41) is 9.06. The lowest BCUT2D eigenvalue weighted by atomic mass is 9.87. The second-order valence-electron chi connectivity index (χ2n) is 5.60. The van der Waals surface area contributed by atoms with E-state index >= 15 is 0 Å². The molecule has 0 amide bonds. The molecule has 8 heteroatoms. The molecule has 5 nitrogen and oxygen atoms in total. The molecule has 0 bridgehead atoms. The number of hydrogen-bond donors (Lipinski definition) is 0. The Kier molecular flexibility index (Phi) is 4.52. The molecule has 1 fully saturated rings. The van der Waals surface area contributed by atoms with Crippen LogP contribution in [-0.2, 0) is 20.2 Å². The molecule has 0 spiro atoms. The highest BCUT2D eigenvalue weighted by molar-refractivity contribution is 7.89. The first-order valence-corrected chi connectivity index (χ1v) is 8.06. The number of halogens is 2. The standard InChI is InChI=1S/C14H16F2N2O3S/c1-14(2,9-17)10-3-5-12(6-4-10)22(19,20)18-7-11(8-18)21-13(15)16/h3-6,11,13H,7-8H2,1-2H3. The van der Waals surface area contributed by atoms with E-state index < -0.39 is 28.2 Å². The van der Waals surface area contributed by atoms with Crippen LogP contribution in [-0.4, -0.2) is 38.5 Å². The molecule has 2 rings (SSSR count). The first-order chi connectivity index (χ1) is 10.2. The average molecular weight is 330 g/mol. The summed E-state index contributed by atoms with van der Waals surface area (Å²) < 4.78 is 54.0. The van der Waals surface area contributed by atoms with E-state index in [0.29, 0.717) is 5.56 Å². The SMILES string of the molecule is CC(C)(C#N)c1ccc(S(=O)(=O)N2CC(OC(F)F)C2)cc1. The Morgan fingerprint density at radius 1 is 1.32 bits per heavy atom. The van der Waals surface area contributed by atoms with Crippen molar-refractivity contribution < 1.29 is 21.9 Å². The van der Waals surface area contributed by atoms with Gasteiger partial charge in [-0.05, 0) is 31.5 Å². The number of benzene rings is 1. The molecular weight excluding hydrogens is 314 g/mol. The van der Waals surface area contributed by atoms with Gasteiger partial charge in [-0.1, -0.05) is 12.1 Å². The summed E-state index contributed by atoms with van der Waals surface area (Å²) in [4.78, 5) is 0.0699. The summed E-state index contributed by atoms with van der Waals surface area (Å²) in [6, 6.07) is 8.15. The van der Waals surface area contributed by atoms with E-state index in [1.165, 1.54) is 12.1 Å². The lowest BCUT2D eigenvalue weighted by Gasteiger charge is -2.37. The van der Waals surface area contributed by atoms with Crippen LogP contribution in [0.3, 0.4) is 0 Å². The Labute approximate surface area is 128 Å². The van der Waals surface area contributed by atoms with E-state index in [1.807, 2.05) is 0 Å². The maximum Gasteiger partial charge on any atom is 0.345 e. The zero-order valence-electron chi connectivity index (χ0n) is 12.2. The molecule has 120 valence electrons. The van der Waals surface area contributed by atoms with Crippen LogP contribution in [0.4, 0.5) is 8.78 Å². The van der Waals surface area contributed by atoms with Crippen LogP contribution >= 0.6 is 0 Å². The molecule has 1 aliphatic rings. The first kappa shape index (κ1) is 16.8. The number of hydrogen-bond acceptors (Lipinski definition) is 4. The molecule has 22 heavy (non-hydrogen) atoms. The van der Waals surface area contributed by atoms with Crippen LogP contribution in [0.25, 0.3) is 0 Å². The van der Waals surface area contributed by atoms with Gasteiger partial charge in [0, 0.05) is 13.1 Å². The Balaban J connectivity index is 2.11. The maximum atomic E-state index is 12.3. The Bertz CT molecular complexity index is 675. The predicted octanol–water partition coefficient (Wildman–Crippen LogP) is 2.10. The van der Waals surface area contributed by atoms with E-state index in [9.17, 15) is 17.2 Å². The van der Waals surface area contributed by atoms with Crippen molar-refractivity contribution in [1.82, 2.24) is 4.31 Å². The molecule has 0 radical (unpaired) electrons. The summed E-state index contributed by atoms with van der Waals surface area (Å²) in [5.41, 5.74) is -0.00798. The van der Waals surface area contributed by atoms with Gasteiger partial charge >= 0.3 is 6.61 Å². The maximum absolute atomic E-state index is 12.3. The summed E-state index contributed by atoms with van der Waals surface area (Å²) >= 11 is 0. The Morgan fingerprint density at radius 3 is 2.32 bits per heavy atom. The third-order valence-electron chi connectivity index (χ3n) is 3.60. The van der Waals surface area contributed by atoms with E-state index in [4.69, 9.17) is 5.26 Å². The van der Waals surface area contributed by atoms with Gasteiger partial charge in [-0.2, -0.15) is 18.3 Å². The summed E-state index contributed by atoms with van der Waals surface area (Å²) in [6.07, 6.45) is -0.772. The van der Waals surface area contributed by atoms with E-state index in [1.54, 1.807) is 26.0 Å². The molecule has 0 aliphatic carbocycles. The minimum atomic E-state index is -3.71. The first-order valence-electron chi connectivity index (χ1n) is 6.62. The highest BCUT2D eigenvalue weighted by atomic mass is 32.2. The van der Waals surface area contributed by atoms with Crippen molar-refractivity contribution in [2.24, 2.45) is 0 Å². The number of ether oxygens (including phenoxy) is 1. The van der Waals surface area contributed by atoms with Crippen LogP contribution in [0.2, 0.25) is 0 Å². The van der Waals surface area contributed by atoms with Gasteiger partial charge in [0.2, 0.25) is 10.0 Å². The van der Waals surface area contributed by atoms with Gasteiger partial charge in [-0.25, -0.2) is 8.42 Å². The fraction of sp³-hybridized carbons (Fsp3) is 0.500. The van der Waals surface area contributed by atoms with E-state index in [2.05, 4.69) is 10.8 Å². The van der Waals surface area contributed by atoms with Gasteiger partial charge in [0.05, 0.1) is 22.5 Å². The molecule has 1 aromatic rings. The van der Waals surface area contributed by atoms with Gasteiger partial charge in [0.15, 0.2) is 0 Å². The molecule has 1 heterocycles. The van der Waals surface area contributed by atoms with Crippen LogP contribution in [0.5, 0.6) is 0 Å². The molecule has 0 unspecified atom stereocenters. The van der Waals surface area contributed by atoms with Gasteiger partial charge in [0.1, 0.15) is 0 Å². The second-order valence-corrected chi connectivity index (χ2v) is 7.54. The number of nitriles is 1. The molecule has 0 aromatic heterocycles. The zero-order chi connectivity index (χ0) is 16.5. The van der Waals surface area contributed by atoms with Crippen LogP contribution < -0.4 is 0 Å². The third-order valence-corrected chi connectivity index (χ3v) is 5.45. The van der Waals surface area contributed by atoms with Crippen LogP contribution in [0.15, 0.2) is 29.2 Å². The quantitative estimate of drug-likeness (QED) is 0.829. The predicted molar refractivity (Wildman–Crippen MR) is 74.7 cm³/mol. The minimum Gasteiger partial charge on any atom is -0.317 e. The average Bonchev–Trinajstić information content (AvgIpc) is 2.42. The largest absolute Gasteiger partial charge is 0.345 e. The van der Waals surface area contributed by atoms with Gasteiger partial charge in [-0.3, -0.25) is 0 Å². The monoisotopic (exact) mass is 330 g/mol. The molecule has 0 atom stereocenters. The van der Waals surface area contributed by atoms with Gasteiger partial charge < -0.3 is 4.74 Å². The summed E-state index contributed by atoms with van der Waals surface area (Å²) in [6.45, 7) is 0.398. The fourth-order valence-electron chi connectivity index (χ4n) is 2.09. The number of alkyl halides is 2. The van der Waals surface area contributed by atoms with E-state index in [0.717, 1.165) is 4.31 Å². The highest BCUT2D eigenvalue weighted by Crippen LogP contribution is 2.27. The van der Waals surface area contributed by atoms with Gasteiger partial charge in [-0.15, -0.1) is 0 Å². The number of rotatable bonds is 5. The Morgan fingerprint density at radius 2 is 1.86 bits per heavy atom.